The Bertz CT molecular complexity index is 908. The summed E-state index contributed by atoms with van der Waals surface area (Å²) in [7, 11) is 3.15. The lowest BCUT2D eigenvalue weighted by molar-refractivity contribution is -0.119. The number of fused-ring (bicyclic) bond motifs is 1. The Kier molecular flexibility index (Phi) is 6.42. The highest BCUT2D eigenvalue weighted by atomic mass is 16.5. The van der Waals surface area contributed by atoms with Gasteiger partial charge in [-0.15, -0.1) is 0 Å². The maximum absolute atomic E-state index is 12.5. The number of aryl methyl sites for hydroxylation is 1. The number of hydrogen-bond donors (Lipinski definition) is 1. The lowest BCUT2D eigenvalue weighted by Gasteiger charge is -2.31. The van der Waals surface area contributed by atoms with Crippen LogP contribution < -0.4 is 19.7 Å². The van der Waals surface area contributed by atoms with Crippen molar-refractivity contribution in [1.82, 2.24) is 0 Å². The minimum absolute atomic E-state index is 0.108. The molecule has 0 bridgehead atoms. The zero-order valence-electron chi connectivity index (χ0n) is 17.5. The van der Waals surface area contributed by atoms with Crippen LogP contribution in [-0.4, -0.2) is 32.6 Å². The fourth-order valence-corrected chi connectivity index (χ4v) is 3.58. The number of methoxy groups -OCH3 is 2. The van der Waals surface area contributed by atoms with E-state index in [-0.39, 0.29) is 18.2 Å². The predicted octanol–water partition coefficient (Wildman–Crippen LogP) is 3.82. The Labute approximate surface area is 171 Å². The van der Waals surface area contributed by atoms with Crippen LogP contribution >= 0.6 is 0 Å². The summed E-state index contributed by atoms with van der Waals surface area (Å²) in [4.78, 5) is 26.7. The van der Waals surface area contributed by atoms with Gasteiger partial charge >= 0.3 is 0 Å². The van der Waals surface area contributed by atoms with Crippen molar-refractivity contribution in [3.63, 3.8) is 0 Å². The Morgan fingerprint density at radius 3 is 2.52 bits per heavy atom. The molecule has 0 aromatic heterocycles. The molecule has 1 heterocycles. The van der Waals surface area contributed by atoms with Gasteiger partial charge in [-0.25, -0.2) is 0 Å². The number of nitrogens with zero attached hydrogens (tertiary/aromatic N) is 1. The number of amides is 2. The van der Waals surface area contributed by atoms with Gasteiger partial charge in [-0.1, -0.05) is 19.9 Å². The minimum atomic E-state index is -0.108. The summed E-state index contributed by atoms with van der Waals surface area (Å²) >= 11 is 0. The molecule has 0 radical (unpaired) electrons. The minimum Gasteiger partial charge on any atom is -0.493 e. The molecular formula is C23H28N2O4. The Morgan fingerprint density at radius 1 is 1.07 bits per heavy atom. The molecule has 3 rings (SSSR count). The molecule has 2 aromatic carbocycles. The van der Waals surface area contributed by atoms with Gasteiger partial charge in [0.1, 0.15) is 0 Å². The zero-order chi connectivity index (χ0) is 21.0. The first-order valence-corrected chi connectivity index (χ1v) is 9.85. The molecule has 1 aliphatic rings. The standard InChI is InChI=1S/C23H28N2O4/c1-15(2)14-25-19-8-7-18(13-17(19)6-10-23(25)27)24-22(26)12-16-5-9-20(28-3)21(11-16)29-4/h5,7-9,11,13,15H,6,10,12,14H2,1-4H3,(H,24,26). The topological polar surface area (TPSA) is 67.9 Å². The summed E-state index contributed by atoms with van der Waals surface area (Å²) in [5, 5.41) is 2.96. The fourth-order valence-electron chi connectivity index (χ4n) is 3.58. The van der Waals surface area contributed by atoms with Gasteiger partial charge in [0.05, 0.1) is 20.6 Å². The summed E-state index contributed by atoms with van der Waals surface area (Å²) in [5.74, 6) is 1.68. The summed E-state index contributed by atoms with van der Waals surface area (Å²) in [6.45, 7) is 4.91. The van der Waals surface area contributed by atoms with Crippen LogP contribution in [-0.2, 0) is 22.4 Å². The maximum Gasteiger partial charge on any atom is 0.228 e. The summed E-state index contributed by atoms with van der Waals surface area (Å²) < 4.78 is 10.5. The van der Waals surface area contributed by atoms with Gasteiger partial charge in [-0.3, -0.25) is 9.59 Å². The molecule has 29 heavy (non-hydrogen) atoms. The highest BCUT2D eigenvalue weighted by molar-refractivity contribution is 5.98. The van der Waals surface area contributed by atoms with E-state index < -0.39 is 0 Å². The first-order valence-electron chi connectivity index (χ1n) is 9.85. The van der Waals surface area contributed by atoms with E-state index in [9.17, 15) is 9.59 Å². The van der Waals surface area contributed by atoms with Crippen LogP contribution in [0.4, 0.5) is 11.4 Å². The van der Waals surface area contributed by atoms with E-state index in [0.29, 0.717) is 36.8 Å². The number of nitrogens with one attached hydrogen (secondary N) is 1. The number of ether oxygens (including phenoxy) is 2. The first kappa shape index (κ1) is 20.7. The van der Waals surface area contributed by atoms with Crippen LogP contribution in [0.5, 0.6) is 11.5 Å². The van der Waals surface area contributed by atoms with Crippen LogP contribution in [0.15, 0.2) is 36.4 Å². The zero-order valence-corrected chi connectivity index (χ0v) is 17.5. The van der Waals surface area contributed by atoms with Crippen molar-refractivity contribution in [3.8, 4) is 11.5 Å². The molecule has 1 N–H and O–H groups in total. The Morgan fingerprint density at radius 2 is 1.83 bits per heavy atom. The van der Waals surface area contributed by atoms with Crippen molar-refractivity contribution in [3.05, 3.63) is 47.5 Å². The molecule has 0 aliphatic carbocycles. The average molecular weight is 396 g/mol. The Hall–Kier alpha value is -3.02. The Balaban J connectivity index is 1.71. The molecule has 0 atom stereocenters. The van der Waals surface area contributed by atoms with E-state index in [1.54, 1.807) is 26.4 Å². The van der Waals surface area contributed by atoms with Gasteiger partial charge in [0.15, 0.2) is 11.5 Å². The molecule has 0 unspecified atom stereocenters. The quantitative estimate of drug-likeness (QED) is 0.773. The highest BCUT2D eigenvalue weighted by Crippen LogP contribution is 2.31. The molecule has 154 valence electrons. The van der Waals surface area contributed by atoms with Crippen molar-refractivity contribution in [2.24, 2.45) is 5.92 Å². The van der Waals surface area contributed by atoms with Gasteiger partial charge in [0.2, 0.25) is 11.8 Å². The van der Waals surface area contributed by atoms with E-state index in [4.69, 9.17) is 9.47 Å². The number of benzene rings is 2. The molecule has 0 saturated carbocycles. The summed E-state index contributed by atoms with van der Waals surface area (Å²) in [6, 6.07) is 11.2. The lowest BCUT2D eigenvalue weighted by atomic mass is 9.99. The summed E-state index contributed by atoms with van der Waals surface area (Å²) in [5.41, 5.74) is 3.63. The van der Waals surface area contributed by atoms with Crippen LogP contribution in [0, 0.1) is 5.92 Å². The largest absolute Gasteiger partial charge is 0.493 e. The predicted molar refractivity (Wildman–Crippen MR) is 114 cm³/mol. The highest BCUT2D eigenvalue weighted by Gasteiger charge is 2.25. The second kappa shape index (κ2) is 8.99. The monoisotopic (exact) mass is 396 g/mol. The molecule has 1 aliphatic heterocycles. The van der Waals surface area contributed by atoms with Crippen molar-refractivity contribution >= 4 is 23.2 Å². The third-order valence-electron chi connectivity index (χ3n) is 4.92. The van der Waals surface area contributed by atoms with E-state index in [0.717, 1.165) is 22.5 Å². The molecule has 0 saturated heterocycles. The van der Waals surface area contributed by atoms with E-state index in [2.05, 4.69) is 19.2 Å². The van der Waals surface area contributed by atoms with Gasteiger partial charge in [0.25, 0.3) is 0 Å². The SMILES string of the molecule is COc1ccc(CC(=O)Nc2ccc3c(c2)CCC(=O)N3CC(C)C)cc1OC. The van der Waals surface area contributed by atoms with Crippen LogP contribution in [0.1, 0.15) is 31.4 Å². The smallest absolute Gasteiger partial charge is 0.228 e. The van der Waals surface area contributed by atoms with Crippen LogP contribution in [0.25, 0.3) is 0 Å². The number of hydrogen-bond acceptors (Lipinski definition) is 4. The number of anilines is 2. The third-order valence-corrected chi connectivity index (χ3v) is 4.92. The molecule has 2 amide bonds. The number of carbonyl (C=O) groups is 2. The van der Waals surface area contributed by atoms with Crippen molar-refractivity contribution in [2.75, 3.05) is 31.0 Å². The van der Waals surface area contributed by atoms with Crippen molar-refractivity contribution in [1.29, 1.82) is 0 Å². The molecule has 6 nitrogen and oxygen atoms in total. The molecule has 0 spiro atoms. The number of rotatable bonds is 7. The molecular weight excluding hydrogens is 368 g/mol. The van der Waals surface area contributed by atoms with E-state index in [1.165, 1.54) is 0 Å². The maximum atomic E-state index is 12.5. The fraction of sp³-hybridized carbons (Fsp3) is 0.391. The summed E-state index contributed by atoms with van der Waals surface area (Å²) in [6.07, 6.45) is 1.43. The van der Waals surface area contributed by atoms with Crippen molar-refractivity contribution in [2.45, 2.75) is 33.1 Å². The van der Waals surface area contributed by atoms with Gasteiger partial charge in [-0.05, 0) is 53.8 Å². The second-order valence-electron chi connectivity index (χ2n) is 7.66. The van der Waals surface area contributed by atoms with Gasteiger partial charge < -0.3 is 19.7 Å². The van der Waals surface area contributed by atoms with E-state index >= 15 is 0 Å². The lowest BCUT2D eigenvalue weighted by Crippen LogP contribution is -2.37. The van der Waals surface area contributed by atoms with E-state index in [1.807, 2.05) is 29.2 Å². The van der Waals surface area contributed by atoms with Crippen LogP contribution in [0.3, 0.4) is 0 Å². The molecule has 2 aromatic rings. The number of carbonyl (C=O) groups excluding carboxylic acids is 2. The average Bonchev–Trinajstić information content (AvgIpc) is 2.69. The third kappa shape index (κ3) is 4.88. The molecule has 6 heteroatoms. The first-order chi connectivity index (χ1) is 13.9. The molecule has 0 fully saturated rings. The normalized spacial score (nSPS) is 13.3. The van der Waals surface area contributed by atoms with Gasteiger partial charge in [0, 0.05) is 24.3 Å². The second-order valence-corrected chi connectivity index (χ2v) is 7.66. The van der Waals surface area contributed by atoms with Gasteiger partial charge in [-0.2, -0.15) is 0 Å². The van der Waals surface area contributed by atoms with Crippen LogP contribution in [0.2, 0.25) is 0 Å². The van der Waals surface area contributed by atoms with Crippen molar-refractivity contribution < 1.29 is 19.1 Å².